The predicted molar refractivity (Wildman–Crippen MR) is 133 cm³/mol. The van der Waals surface area contributed by atoms with Crippen molar-refractivity contribution in [2.24, 2.45) is 5.11 Å². The molecule has 1 aromatic heterocycles. The van der Waals surface area contributed by atoms with E-state index >= 15 is 0 Å². The van der Waals surface area contributed by atoms with Crippen LogP contribution in [0, 0.1) is 11.6 Å². The van der Waals surface area contributed by atoms with Crippen molar-refractivity contribution in [2.75, 3.05) is 26.4 Å². The largest absolute Gasteiger partial charge is 0.870 e. The van der Waals surface area contributed by atoms with Crippen LogP contribution < -0.4 is 24.7 Å². The number of rotatable bonds is 4. The minimum Gasteiger partial charge on any atom is -0.870 e. The van der Waals surface area contributed by atoms with Gasteiger partial charge in [-0.15, -0.1) is 11.8 Å². The van der Waals surface area contributed by atoms with E-state index in [4.69, 9.17) is 24.4 Å². The lowest BCUT2D eigenvalue weighted by Crippen LogP contribution is -2.59. The Hall–Kier alpha value is -3.94. The third-order valence-electron chi connectivity index (χ3n) is 7.90. The number of benzene rings is 2. The number of halogens is 2. The fourth-order valence-corrected chi connectivity index (χ4v) is 7.22. The van der Waals surface area contributed by atoms with E-state index in [9.17, 15) is 23.8 Å². The molecule has 3 aromatic rings. The number of carbonyl (C=O) groups excluding carboxylic acids is 1. The lowest BCUT2D eigenvalue weighted by atomic mass is 9.94. The Balaban J connectivity index is 1.33. The molecule has 41 heavy (non-hydrogen) atoms. The number of aliphatic hydroxyl groups is 1. The topological polar surface area (TPSA) is 133 Å². The van der Waals surface area contributed by atoms with E-state index in [0.717, 1.165) is 28.2 Å². The molecule has 4 heterocycles. The number of hydrogen-bond donors (Lipinski definition) is 1. The van der Waals surface area contributed by atoms with E-state index in [1.165, 1.54) is 22.3 Å². The van der Waals surface area contributed by atoms with Gasteiger partial charge < -0.3 is 34.4 Å². The first kappa shape index (κ1) is 26.0. The quantitative estimate of drug-likeness (QED) is 0.349. The first-order chi connectivity index (χ1) is 19.8. The summed E-state index contributed by atoms with van der Waals surface area (Å²) in [4.78, 5) is 14.5. The van der Waals surface area contributed by atoms with Crippen LogP contribution in [0.1, 0.15) is 28.2 Å². The van der Waals surface area contributed by atoms with Crippen LogP contribution >= 0.6 is 11.8 Å². The fraction of sp³-hybridized carbons (Fsp3) is 0.321. The van der Waals surface area contributed by atoms with Gasteiger partial charge >= 0.3 is 6.16 Å². The van der Waals surface area contributed by atoms with Crippen molar-refractivity contribution in [2.45, 2.75) is 34.8 Å². The number of fused-ring (bicyclic) bond motifs is 3. The van der Waals surface area contributed by atoms with Gasteiger partial charge in [0, 0.05) is 34.7 Å². The van der Waals surface area contributed by atoms with Crippen LogP contribution in [0.3, 0.4) is 0 Å². The zero-order valence-corrected chi connectivity index (χ0v) is 22.2. The number of aliphatic hydroxyl groups excluding tert-OH is 1. The highest BCUT2D eigenvalue weighted by molar-refractivity contribution is 7.98. The Morgan fingerprint density at radius 2 is 2.10 bits per heavy atom. The number of pyridine rings is 1. The number of nitrogens with zero attached hydrogens (tertiary/aromatic N) is 3. The van der Waals surface area contributed by atoms with Gasteiger partial charge in [0.05, 0.1) is 19.1 Å². The van der Waals surface area contributed by atoms with Crippen LogP contribution in [0.5, 0.6) is 11.5 Å². The Morgan fingerprint density at radius 3 is 2.93 bits per heavy atom. The minimum atomic E-state index is -1.23. The lowest BCUT2D eigenvalue weighted by Gasteiger charge is -2.38. The smallest absolute Gasteiger partial charge is 0.514 e. The summed E-state index contributed by atoms with van der Waals surface area (Å²) in [6, 6.07) is 9.64. The average molecular weight is 583 g/mol. The molecule has 1 saturated heterocycles. The molecule has 1 N–H and O–H groups in total. The molecule has 4 aliphatic rings. The highest BCUT2D eigenvalue weighted by Gasteiger charge is 2.76. The highest BCUT2D eigenvalue weighted by atomic mass is 32.2. The second kappa shape index (κ2) is 9.57. The summed E-state index contributed by atoms with van der Waals surface area (Å²) in [6.07, 6.45) is -0.0155. The zero-order chi connectivity index (χ0) is 28.5. The molecule has 2 fully saturated rings. The van der Waals surface area contributed by atoms with Crippen molar-refractivity contribution >= 4 is 23.8 Å². The molecule has 0 amide bonds. The number of aromatic nitrogens is 1. The van der Waals surface area contributed by atoms with Crippen molar-refractivity contribution in [3.05, 3.63) is 81.8 Å². The molecule has 3 aliphatic heterocycles. The van der Waals surface area contributed by atoms with Gasteiger partial charge in [-0.25, -0.2) is 13.6 Å². The second-order valence-electron chi connectivity index (χ2n) is 10.0. The summed E-state index contributed by atoms with van der Waals surface area (Å²) in [6.45, 7) is -0.362. The van der Waals surface area contributed by atoms with Crippen LogP contribution in [-0.2, 0) is 21.6 Å². The molecule has 13 heteroatoms. The standard InChI is InChI=1S/C28H22F2N3O7S/c29-18-5-4-14-12-16-15(2-1-3-20(16)41-13-17(14)22(18)30)21-25-28(21)31-33-7-6-19(35)24(40-27(37)39-11-9-34)23(33)26(36)32(28)8-10-38-25/h1-7,21,25,34H,8-13H2/q-1/t21?,25-,28+/m0/s1. The number of hydrogen-bond acceptors (Lipinski definition) is 10. The maximum atomic E-state index is 14.7. The van der Waals surface area contributed by atoms with E-state index in [-0.39, 0.29) is 36.8 Å². The number of ether oxygens (including phenoxy) is 3. The average Bonchev–Trinajstić information content (AvgIpc) is 3.66. The molecule has 3 atom stereocenters. The third kappa shape index (κ3) is 3.86. The Labute approximate surface area is 235 Å². The van der Waals surface area contributed by atoms with E-state index in [1.54, 1.807) is 11.0 Å². The molecule has 0 radical (unpaired) electrons. The monoisotopic (exact) mass is 582 g/mol. The summed E-state index contributed by atoms with van der Waals surface area (Å²) < 4.78 is 45.8. The minimum absolute atomic E-state index is 0.184. The van der Waals surface area contributed by atoms with Crippen molar-refractivity contribution in [1.82, 2.24) is 4.90 Å². The van der Waals surface area contributed by atoms with E-state index < -0.39 is 53.5 Å². The van der Waals surface area contributed by atoms with E-state index in [2.05, 4.69) is 0 Å². The van der Waals surface area contributed by atoms with Crippen LogP contribution in [0.25, 0.3) is 5.88 Å². The normalized spacial score (nSPS) is 23.6. The SMILES string of the molecule is O=C(OCCO)Oc1c([O-])cc[n+]2c1=C([O-])N1CCO[C@H]3C(c4cccc5c4Cc4ccc(F)c(F)c4CS5)[C@]31N=2. The summed E-state index contributed by atoms with van der Waals surface area (Å²) in [7, 11) is 0. The summed E-state index contributed by atoms with van der Waals surface area (Å²) >= 11 is 1.42. The van der Waals surface area contributed by atoms with Gasteiger partial charge in [-0.05, 0) is 44.7 Å². The van der Waals surface area contributed by atoms with Crippen molar-refractivity contribution < 1.29 is 47.5 Å². The van der Waals surface area contributed by atoms with Gasteiger partial charge in [-0.2, -0.15) is 0 Å². The van der Waals surface area contributed by atoms with Crippen molar-refractivity contribution in [3.63, 3.8) is 0 Å². The molecule has 212 valence electrons. The Kier molecular flexibility index (Phi) is 6.07. The molecule has 1 spiro atoms. The molecule has 2 aromatic carbocycles. The van der Waals surface area contributed by atoms with Crippen LogP contribution in [0.4, 0.5) is 13.6 Å². The zero-order valence-electron chi connectivity index (χ0n) is 21.3. The molecule has 1 saturated carbocycles. The molecular weight excluding hydrogens is 560 g/mol. The first-order valence-corrected chi connectivity index (χ1v) is 13.9. The predicted octanol–water partition coefficient (Wildman–Crippen LogP) is 0.696. The molecule has 1 unspecified atom stereocenters. The molecule has 10 nitrogen and oxygen atoms in total. The fourth-order valence-electron chi connectivity index (χ4n) is 6.07. The summed E-state index contributed by atoms with van der Waals surface area (Å²) in [5.74, 6) is -3.59. The highest BCUT2D eigenvalue weighted by Crippen LogP contribution is 2.62. The molecular formula is C28H22F2N3O7S-. The second-order valence-corrected chi connectivity index (χ2v) is 11.0. The summed E-state index contributed by atoms with van der Waals surface area (Å²) in [5.41, 5.74) is 1.73. The van der Waals surface area contributed by atoms with Crippen molar-refractivity contribution in [1.29, 1.82) is 0 Å². The van der Waals surface area contributed by atoms with E-state index in [0.29, 0.717) is 17.5 Å². The van der Waals surface area contributed by atoms with Crippen LogP contribution in [0.15, 0.2) is 52.6 Å². The number of carbonyl (C=O) groups is 1. The van der Waals surface area contributed by atoms with Gasteiger partial charge in [0.15, 0.2) is 11.6 Å². The Bertz CT molecular complexity index is 1740. The molecule has 0 bridgehead atoms. The number of morpholine rings is 1. The molecule has 1 aliphatic carbocycles. The van der Waals surface area contributed by atoms with Gasteiger partial charge in [0.2, 0.25) is 17.6 Å². The maximum Gasteiger partial charge on any atom is 0.514 e. The van der Waals surface area contributed by atoms with Gasteiger partial charge in [-0.1, -0.05) is 23.9 Å². The van der Waals surface area contributed by atoms with Gasteiger partial charge in [-0.3, -0.25) is 0 Å². The first-order valence-electron chi connectivity index (χ1n) is 12.9. The maximum absolute atomic E-state index is 14.7. The Morgan fingerprint density at radius 1 is 1.24 bits per heavy atom. The van der Waals surface area contributed by atoms with Crippen LogP contribution in [0.2, 0.25) is 0 Å². The van der Waals surface area contributed by atoms with Crippen molar-refractivity contribution in [3.8, 4) is 11.5 Å². The lowest BCUT2D eigenvalue weighted by molar-refractivity contribution is -0.582. The van der Waals surface area contributed by atoms with Gasteiger partial charge in [0.1, 0.15) is 12.7 Å². The third-order valence-corrected chi connectivity index (χ3v) is 9.03. The summed E-state index contributed by atoms with van der Waals surface area (Å²) in [5, 5.41) is 40.1. The van der Waals surface area contributed by atoms with E-state index in [1.807, 2.05) is 18.2 Å². The number of thioether (sulfide) groups is 1. The molecule has 7 rings (SSSR count). The van der Waals surface area contributed by atoms with Gasteiger partial charge in [0.25, 0.3) is 5.35 Å². The van der Waals surface area contributed by atoms with Crippen LogP contribution in [-0.4, -0.2) is 54.3 Å².